The van der Waals surface area contributed by atoms with Gasteiger partial charge in [-0.05, 0) is 24.8 Å². The highest BCUT2D eigenvalue weighted by atomic mass is 35.5. The summed E-state index contributed by atoms with van der Waals surface area (Å²) in [6.07, 6.45) is 4.49. The van der Waals surface area contributed by atoms with Gasteiger partial charge in [-0.15, -0.1) is 19.0 Å². The zero-order valence-electron chi connectivity index (χ0n) is 11.7. The third kappa shape index (κ3) is 4.36. The number of halogens is 1. The van der Waals surface area contributed by atoms with Crippen LogP contribution in [-0.2, 0) is 11.3 Å². The highest BCUT2D eigenvalue weighted by Crippen LogP contribution is 2.26. The number of benzene rings is 1. The molecule has 0 aromatic heterocycles. The predicted octanol–water partition coefficient (Wildman–Crippen LogP) is 2.75. The lowest BCUT2D eigenvalue weighted by atomic mass is 10.1. The van der Waals surface area contributed by atoms with Gasteiger partial charge in [0.05, 0.1) is 0 Å². The van der Waals surface area contributed by atoms with E-state index < -0.39 is 0 Å². The van der Waals surface area contributed by atoms with E-state index in [9.17, 15) is 4.79 Å². The Bertz CT molecular complexity index is 435. The summed E-state index contributed by atoms with van der Waals surface area (Å²) in [5.74, 6) is 0.315. The van der Waals surface area contributed by atoms with E-state index in [1.807, 2.05) is 35.2 Å². The Kier molecular flexibility index (Phi) is 6.76. The van der Waals surface area contributed by atoms with E-state index >= 15 is 0 Å². The van der Waals surface area contributed by atoms with Crippen molar-refractivity contribution >= 4 is 18.3 Å². The van der Waals surface area contributed by atoms with Crippen LogP contribution in [0.3, 0.4) is 0 Å². The maximum absolute atomic E-state index is 12.5. The van der Waals surface area contributed by atoms with E-state index in [1.165, 1.54) is 0 Å². The molecular weight excluding hydrogens is 272 g/mol. The van der Waals surface area contributed by atoms with Gasteiger partial charge in [0.2, 0.25) is 5.91 Å². The number of nitrogens with zero attached hydrogens (tertiary/aromatic N) is 1. The van der Waals surface area contributed by atoms with Crippen molar-refractivity contribution in [1.29, 1.82) is 0 Å². The third-order valence-corrected chi connectivity index (χ3v) is 3.70. The Balaban J connectivity index is 0.00000200. The number of rotatable bonds is 5. The average Bonchev–Trinajstić information content (AvgIpc) is 2.85. The van der Waals surface area contributed by atoms with Crippen molar-refractivity contribution in [2.75, 3.05) is 6.54 Å². The molecule has 20 heavy (non-hydrogen) atoms. The molecule has 0 saturated heterocycles. The van der Waals surface area contributed by atoms with Gasteiger partial charge in [-0.1, -0.05) is 36.4 Å². The summed E-state index contributed by atoms with van der Waals surface area (Å²) in [5.41, 5.74) is 7.05. The molecule has 0 heterocycles. The van der Waals surface area contributed by atoms with Gasteiger partial charge in [0.25, 0.3) is 0 Å². The highest BCUT2D eigenvalue weighted by Gasteiger charge is 2.30. The van der Waals surface area contributed by atoms with Crippen molar-refractivity contribution in [1.82, 2.24) is 4.90 Å². The summed E-state index contributed by atoms with van der Waals surface area (Å²) in [5, 5.41) is 0. The summed E-state index contributed by atoms with van der Waals surface area (Å²) >= 11 is 0. The van der Waals surface area contributed by atoms with Gasteiger partial charge in [0.1, 0.15) is 0 Å². The molecule has 3 nitrogen and oxygen atoms in total. The SMILES string of the molecule is C=CCN(Cc1ccccc1)C(=O)C1CCC(N)C1.Cl. The normalized spacial score (nSPS) is 21.1. The molecule has 2 unspecified atom stereocenters. The number of amides is 1. The molecule has 0 radical (unpaired) electrons. The van der Waals surface area contributed by atoms with Crippen molar-refractivity contribution in [3.63, 3.8) is 0 Å². The monoisotopic (exact) mass is 294 g/mol. The van der Waals surface area contributed by atoms with Crippen molar-refractivity contribution in [3.8, 4) is 0 Å². The second-order valence-electron chi connectivity index (χ2n) is 5.26. The van der Waals surface area contributed by atoms with Gasteiger partial charge >= 0.3 is 0 Å². The molecule has 0 bridgehead atoms. The first-order valence-corrected chi connectivity index (χ1v) is 6.90. The first kappa shape index (κ1) is 16.7. The maximum Gasteiger partial charge on any atom is 0.226 e. The molecule has 2 N–H and O–H groups in total. The molecule has 1 aliphatic rings. The molecular formula is C16H23ClN2O. The minimum absolute atomic E-state index is 0. The fourth-order valence-corrected chi connectivity index (χ4v) is 2.69. The lowest BCUT2D eigenvalue weighted by molar-refractivity contribution is -0.135. The summed E-state index contributed by atoms with van der Waals surface area (Å²) in [4.78, 5) is 14.4. The number of nitrogens with two attached hydrogens (primary N) is 1. The van der Waals surface area contributed by atoms with Crippen molar-refractivity contribution < 1.29 is 4.79 Å². The van der Waals surface area contributed by atoms with Crippen LogP contribution in [0.15, 0.2) is 43.0 Å². The molecule has 1 fully saturated rings. The molecule has 1 saturated carbocycles. The molecule has 1 aliphatic carbocycles. The fourth-order valence-electron chi connectivity index (χ4n) is 2.69. The summed E-state index contributed by atoms with van der Waals surface area (Å²) < 4.78 is 0. The predicted molar refractivity (Wildman–Crippen MR) is 84.6 cm³/mol. The molecule has 110 valence electrons. The van der Waals surface area contributed by atoms with Gasteiger partial charge in [-0.3, -0.25) is 4.79 Å². The highest BCUT2D eigenvalue weighted by molar-refractivity contribution is 5.85. The topological polar surface area (TPSA) is 46.3 Å². The first-order valence-electron chi connectivity index (χ1n) is 6.90. The standard InChI is InChI=1S/C16H22N2O.ClH/c1-2-10-18(12-13-6-4-3-5-7-13)16(19)14-8-9-15(17)11-14;/h2-7,14-15H,1,8-12,17H2;1H. The van der Waals surface area contributed by atoms with Crippen LogP contribution in [-0.4, -0.2) is 23.4 Å². The molecule has 0 spiro atoms. The van der Waals surface area contributed by atoms with Crippen LogP contribution in [0.25, 0.3) is 0 Å². The van der Waals surface area contributed by atoms with E-state index in [4.69, 9.17) is 5.73 Å². The summed E-state index contributed by atoms with van der Waals surface area (Å²) in [6.45, 7) is 4.99. The van der Waals surface area contributed by atoms with E-state index in [0.29, 0.717) is 13.1 Å². The Morgan fingerprint density at radius 2 is 2.05 bits per heavy atom. The van der Waals surface area contributed by atoms with Crippen LogP contribution in [0.1, 0.15) is 24.8 Å². The summed E-state index contributed by atoms with van der Waals surface area (Å²) in [7, 11) is 0. The Labute approximate surface area is 127 Å². The maximum atomic E-state index is 12.5. The molecule has 0 aliphatic heterocycles. The number of hydrogen-bond acceptors (Lipinski definition) is 2. The zero-order valence-corrected chi connectivity index (χ0v) is 12.5. The van der Waals surface area contributed by atoms with E-state index in [2.05, 4.69) is 6.58 Å². The van der Waals surface area contributed by atoms with Crippen molar-refractivity contribution in [2.24, 2.45) is 11.7 Å². The Morgan fingerprint density at radius 1 is 1.35 bits per heavy atom. The third-order valence-electron chi connectivity index (χ3n) is 3.70. The molecule has 1 aromatic carbocycles. The number of carbonyl (C=O) groups excluding carboxylic acids is 1. The second-order valence-corrected chi connectivity index (χ2v) is 5.26. The van der Waals surface area contributed by atoms with E-state index in [0.717, 1.165) is 24.8 Å². The quantitative estimate of drug-likeness (QED) is 0.849. The molecule has 2 atom stereocenters. The van der Waals surface area contributed by atoms with E-state index in [1.54, 1.807) is 6.08 Å². The lowest BCUT2D eigenvalue weighted by Crippen LogP contribution is -2.35. The van der Waals surface area contributed by atoms with Crippen LogP contribution < -0.4 is 5.73 Å². The second kappa shape index (κ2) is 8.08. The molecule has 2 rings (SSSR count). The minimum Gasteiger partial charge on any atom is -0.334 e. The minimum atomic E-state index is 0. The first-order chi connectivity index (χ1) is 9.20. The smallest absolute Gasteiger partial charge is 0.226 e. The van der Waals surface area contributed by atoms with Gasteiger partial charge in [0, 0.05) is 25.0 Å². The number of hydrogen-bond donors (Lipinski definition) is 1. The number of carbonyl (C=O) groups is 1. The van der Waals surface area contributed by atoms with Gasteiger partial charge in [-0.2, -0.15) is 0 Å². The molecule has 1 amide bonds. The average molecular weight is 295 g/mol. The Hall–Kier alpha value is -1.32. The van der Waals surface area contributed by atoms with E-state index in [-0.39, 0.29) is 30.3 Å². The Morgan fingerprint density at radius 3 is 2.60 bits per heavy atom. The summed E-state index contributed by atoms with van der Waals surface area (Å²) in [6, 6.07) is 10.3. The van der Waals surface area contributed by atoms with Crippen LogP contribution >= 0.6 is 12.4 Å². The zero-order chi connectivity index (χ0) is 13.7. The van der Waals surface area contributed by atoms with Crippen molar-refractivity contribution in [3.05, 3.63) is 48.6 Å². The van der Waals surface area contributed by atoms with Gasteiger partial charge < -0.3 is 10.6 Å². The van der Waals surface area contributed by atoms with Crippen LogP contribution in [0.2, 0.25) is 0 Å². The van der Waals surface area contributed by atoms with Crippen LogP contribution in [0, 0.1) is 5.92 Å². The largest absolute Gasteiger partial charge is 0.334 e. The van der Waals surface area contributed by atoms with Crippen molar-refractivity contribution in [2.45, 2.75) is 31.8 Å². The van der Waals surface area contributed by atoms with Crippen LogP contribution in [0.5, 0.6) is 0 Å². The molecule has 4 heteroatoms. The van der Waals surface area contributed by atoms with Gasteiger partial charge in [-0.25, -0.2) is 0 Å². The van der Waals surface area contributed by atoms with Crippen LogP contribution in [0.4, 0.5) is 0 Å². The molecule has 1 aromatic rings. The fraction of sp³-hybridized carbons (Fsp3) is 0.438. The lowest BCUT2D eigenvalue weighted by Gasteiger charge is -2.24. The van der Waals surface area contributed by atoms with Gasteiger partial charge in [0.15, 0.2) is 0 Å².